The number of aliphatic imine (C=N–C) groups is 1. The lowest BCUT2D eigenvalue weighted by molar-refractivity contribution is 0.414. The lowest BCUT2D eigenvalue weighted by atomic mass is 10.0. The Balaban J connectivity index is 2.09. The van der Waals surface area contributed by atoms with Gasteiger partial charge in [-0.2, -0.15) is 0 Å². The first-order valence-electron chi connectivity index (χ1n) is 7.79. The lowest BCUT2D eigenvalue weighted by Crippen LogP contribution is -2.21. The van der Waals surface area contributed by atoms with Gasteiger partial charge in [-0.1, -0.05) is 41.9 Å². The van der Waals surface area contributed by atoms with Crippen molar-refractivity contribution in [1.29, 1.82) is 0 Å². The number of pyridine rings is 1. The third-order valence-corrected chi connectivity index (χ3v) is 4.30. The molecule has 0 radical (unpaired) electrons. The molecule has 3 aromatic rings. The molecule has 1 aliphatic heterocycles. The van der Waals surface area contributed by atoms with Gasteiger partial charge >= 0.3 is 0 Å². The summed E-state index contributed by atoms with van der Waals surface area (Å²) in [4.78, 5) is 9.41. The molecule has 0 saturated carbocycles. The van der Waals surface area contributed by atoms with Gasteiger partial charge in [0.15, 0.2) is 5.75 Å². The zero-order chi connectivity index (χ0) is 16.5. The second-order valence-corrected chi connectivity index (χ2v) is 5.99. The maximum Gasteiger partial charge on any atom is 0.156 e. The molecule has 2 heterocycles. The van der Waals surface area contributed by atoms with Gasteiger partial charge in [0.1, 0.15) is 11.5 Å². The minimum Gasteiger partial charge on any atom is -0.494 e. The molecule has 0 aliphatic carbocycles. The van der Waals surface area contributed by atoms with Crippen molar-refractivity contribution >= 4 is 28.3 Å². The van der Waals surface area contributed by atoms with E-state index < -0.39 is 0 Å². The fourth-order valence-electron chi connectivity index (χ4n) is 3.01. The maximum absolute atomic E-state index is 6.22. The van der Waals surface area contributed by atoms with Gasteiger partial charge in [0.25, 0.3) is 0 Å². The van der Waals surface area contributed by atoms with E-state index in [0.717, 1.165) is 46.6 Å². The summed E-state index contributed by atoms with van der Waals surface area (Å²) in [6.45, 7) is 1.58. The quantitative estimate of drug-likeness (QED) is 0.788. The van der Waals surface area contributed by atoms with E-state index in [-0.39, 0.29) is 0 Å². The average Bonchev–Trinajstić information content (AvgIpc) is 3.15. The molecular weight excluding hydrogens is 322 g/mol. The largest absolute Gasteiger partial charge is 0.494 e. The van der Waals surface area contributed by atoms with Crippen molar-refractivity contribution in [2.45, 2.75) is 0 Å². The molecule has 5 heteroatoms. The molecule has 0 spiro atoms. The van der Waals surface area contributed by atoms with E-state index in [4.69, 9.17) is 21.3 Å². The molecule has 4 rings (SSSR count). The fourth-order valence-corrected chi connectivity index (χ4v) is 3.18. The summed E-state index contributed by atoms with van der Waals surface area (Å²) in [5.41, 5.74) is 3.59. The molecule has 0 bridgehead atoms. The van der Waals surface area contributed by atoms with Crippen molar-refractivity contribution in [2.24, 2.45) is 4.99 Å². The summed E-state index contributed by atoms with van der Waals surface area (Å²) in [5, 5.41) is 4.94. The number of nitrogens with one attached hydrogen (secondary N) is 1. The number of methoxy groups -OCH3 is 1. The van der Waals surface area contributed by atoms with Crippen LogP contribution in [-0.4, -0.2) is 31.0 Å². The molecule has 0 unspecified atom stereocenters. The van der Waals surface area contributed by atoms with Crippen molar-refractivity contribution in [3.05, 3.63) is 59.1 Å². The second-order valence-electron chi connectivity index (χ2n) is 5.55. The Labute approximate surface area is 145 Å². The number of aromatic nitrogens is 1. The Morgan fingerprint density at radius 2 is 1.96 bits per heavy atom. The van der Waals surface area contributed by atoms with Crippen LogP contribution in [0.25, 0.3) is 22.2 Å². The maximum atomic E-state index is 6.22. The van der Waals surface area contributed by atoms with Crippen LogP contribution in [0, 0.1) is 0 Å². The van der Waals surface area contributed by atoms with Crippen LogP contribution >= 0.6 is 11.6 Å². The summed E-state index contributed by atoms with van der Waals surface area (Å²) in [6.07, 6.45) is 0. The number of amidine groups is 1. The van der Waals surface area contributed by atoms with Crippen molar-refractivity contribution in [3.8, 4) is 17.0 Å². The number of halogens is 1. The Morgan fingerprint density at radius 1 is 1.12 bits per heavy atom. The number of nitrogens with zero attached hydrogens (tertiary/aromatic N) is 2. The van der Waals surface area contributed by atoms with Gasteiger partial charge in [-0.25, -0.2) is 4.98 Å². The van der Waals surface area contributed by atoms with Gasteiger partial charge in [0, 0.05) is 22.5 Å². The van der Waals surface area contributed by atoms with Crippen LogP contribution in [0.4, 0.5) is 0 Å². The minimum atomic E-state index is 0.665. The third kappa shape index (κ3) is 2.49. The van der Waals surface area contributed by atoms with Crippen LogP contribution in [0.5, 0.6) is 5.75 Å². The normalized spacial score (nSPS) is 13.7. The number of benzene rings is 2. The number of rotatable bonds is 3. The van der Waals surface area contributed by atoms with E-state index >= 15 is 0 Å². The van der Waals surface area contributed by atoms with Crippen LogP contribution in [0.3, 0.4) is 0 Å². The molecule has 4 nitrogen and oxygen atoms in total. The highest BCUT2D eigenvalue weighted by Gasteiger charge is 2.22. The van der Waals surface area contributed by atoms with Gasteiger partial charge in [-0.15, -0.1) is 0 Å². The highest BCUT2D eigenvalue weighted by molar-refractivity contribution is 6.31. The molecule has 0 fully saturated rings. The van der Waals surface area contributed by atoms with Crippen molar-refractivity contribution in [1.82, 2.24) is 10.3 Å². The monoisotopic (exact) mass is 337 g/mol. The van der Waals surface area contributed by atoms with Crippen LogP contribution in [0.15, 0.2) is 53.5 Å². The van der Waals surface area contributed by atoms with E-state index in [2.05, 4.69) is 10.3 Å². The Bertz CT molecular complexity index is 938. The second kappa shape index (κ2) is 6.13. The standard InChI is InChI=1S/C19H16ClN3O/c1-24-18-16(19-21-9-10-22-19)14-11-13(20)7-8-15(14)23-17(18)12-5-3-2-4-6-12/h2-8,11H,9-10H2,1H3,(H,21,22). The topological polar surface area (TPSA) is 46.5 Å². The molecule has 2 aromatic carbocycles. The number of hydrogen-bond donors (Lipinski definition) is 1. The smallest absolute Gasteiger partial charge is 0.156 e. The molecule has 24 heavy (non-hydrogen) atoms. The predicted octanol–water partition coefficient (Wildman–Crippen LogP) is 3.91. The van der Waals surface area contributed by atoms with E-state index in [1.165, 1.54) is 0 Å². The van der Waals surface area contributed by atoms with Crippen molar-refractivity contribution in [2.75, 3.05) is 20.2 Å². The minimum absolute atomic E-state index is 0.665. The van der Waals surface area contributed by atoms with Crippen LogP contribution in [0.2, 0.25) is 5.02 Å². The molecule has 120 valence electrons. The third-order valence-electron chi connectivity index (χ3n) is 4.06. The number of ether oxygens (including phenoxy) is 1. The lowest BCUT2D eigenvalue weighted by Gasteiger charge is -2.16. The van der Waals surface area contributed by atoms with Gasteiger partial charge in [0.2, 0.25) is 0 Å². The molecule has 1 N–H and O–H groups in total. The summed E-state index contributed by atoms with van der Waals surface area (Å²) in [7, 11) is 1.67. The molecule has 0 saturated heterocycles. The first kappa shape index (κ1) is 15.0. The first-order valence-corrected chi connectivity index (χ1v) is 8.17. The fraction of sp³-hybridized carbons (Fsp3) is 0.158. The Morgan fingerprint density at radius 3 is 2.67 bits per heavy atom. The zero-order valence-electron chi connectivity index (χ0n) is 13.2. The number of hydrogen-bond acceptors (Lipinski definition) is 4. The summed E-state index contributed by atoms with van der Waals surface area (Å²) in [5.74, 6) is 1.54. The van der Waals surface area contributed by atoms with Gasteiger partial charge in [-0.05, 0) is 18.2 Å². The van der Waals surface area contributed by atoms with Crippen molar-refractivity contribution < 1.29 is 4.74 Å². The van der Waals surface area contributed by atoms with Crippen molar-refractivity contribution in [3.63, 3.8) is 0 Å². The SMILES string of the molecule is COc1c(-c2ccccc2)nc2ccc(Cl)cc2c1C1=NCCN1. The van der Waals surface area contributed by atoms with Gasteiger partial charge < -0.3 is 10.1 Å². The molecule has 0 amide bonds. The van der Waals surface area contributed by atoms with E-state index in [9.17, 15) is 0 Å². The van der Waals surface area contributed by atoms with E-state index in [0.29, 0.717) is 10.8 Å². The van der Waals surface area contributed by atoms with E-state index in [1.807, 2.05) is 48.5 Å². The van der Waals surface area contributed by atoms with Crippen LogP contribution < -0.4 is 10.1 Å². The van der Waals surface area contributed by atoms with Crippen LogP contribution in [0.1, 0.15) is 5.56 Å². The summed E-state index contributed by atoms with van der Waals surface area (Å²) >= 11 is 6.22. The molecule has 1 aromatic heterocycles. The first-order chi connectivity index (χ1) is 11.8. The van der Waals surface area contributed by atoms with E-state index in [1.54, 1.807) is 7.11 Å². The predicted molar refractivity (Wildman–Crippen MR) is 98.1 cm³/mol. The molecular formula is C19H16ClN3O. The van der Waals surface area contributed by atoms with Gasteiger partial charge in [-0.3, -0.25) is 4.99 Å². The highest BCUT2D eigenvalue weighted by atomic mass is 35.5. The Kier molecular flexibility index (Phi) is 3.82. The zero-order valence-corrected chi connectivity index (χ0v) is 14.0. The summed E-state index contributed by atoms with van der Waals surface area (Å²) in [6, 6.07) is 15.7. The Hall–Kier alpha value is -2.59. The number of fused-ring (bicyclic) bond motifs is 1. The highest BCUT2D eigenvalue weighted by Crippen LogP contribution is 2.37. The molecule has 1 aliphatic rings. The summed E-state index contributed by atoms with van der Waals surface area (Å²) < 4.78 is 5.76. The van der Waals surface area contributed by atoms with Gasteiger partial charge in [0.05, 0.1) is 24.7 Å². The van der Waals surface area contributed by atoms with Crippen LogP contribution in [-0.2, 0) is 0 Å². The average molecular weight is 338 g/mol. The molecule has 0 atom stereocenters.